The van der Waals surface area contributed by atoms with Crippen LogP contribution in [0.2, 0.25) is 0 Å². The average molecular weight is 421 g/mol. The molecule has 0 aromatic heterocycles. The molecule has 1 unspecified atom stereocenters. The second-order valence-electron chi connectivity index (χ2n) is 5.99. The number of phenolic OH excluding ortho intramolecular Hbond substituents is 1. The third-order valence-electron chi connectivity index (χ3n) is 4.41. The van der Waals surface area contributed by atoms with Crippen LogP contribution in [0.4, 0.5) is 0 Å². The fourth-order valence-electron chi connectivity index (χ4n) is 3.09. The Morgan fingerprint density at radius 2 is 2.04 bits per heavy atom. The molecule has 23 heavy (non-hydrogen) atoms. The number of halogens is 1. The number of hydrogen-bond acceptors (Lipinski definition) is 3. The molecular formula is C19H20INO2. The summed E-state index contributed by atoms with van der Waals surface area (Å²) in [6.07, 6.45) is 2.82. The summed E-state index contributed by atoms with van der Waals surface area (Å²) in [6.45, 7) is 1.58. The van der Waals surface area contributed by atoms with E-state index in [1.807, 2.05) is 24.3 Å². The van der Waals surface area contributed by atoms with E-state index in [9.17, 15) is 9.90 Å². The zero-order chi connectivity index (χ0) is 16.2. The minimum Gasteiger partial charge on any atom is -0.508 e. The number of carbonyl (C=O) groups excluding carboxylic acids is 1. The predicted molar refractivity (Wildman–Crippen MR) is 100.0 cm³/mol. The highest BCUT2D eigenvalue weighted by atomic mass is 127. The van der Waals surface area contributed by atoms with E-state index in [1.165, 1.54) is 11.1 Å². The van der Waals surface area contributed by atoms with Crippen molar-refractivity contribution in [1.82, 2.24) is 5.32 Å². The third-order valence-corrected chi connectivity index (χ3v) is 5.42. The number of benzene rings is 2. The highest BCUT2D eigenvalue weighted by Gasteiger charge is 2.26. The van der Waals surface area contributed by atoms with Crippen LogP contribution >= 0.6 is 22.6 Å². The highest BCUT2D eigenvalue weighted by molar-refractivity contribution is 14.1. The van der Waals surface area contributed by atoms with Crippen molar-refractivity contribution in [3.05, 3.63) is 62.7 Å². The van der Waals surface area contributed by atoms with Crippen LogP contribution in [-0.2, 0) is 12.8 Å². The quantitative estimate of drug-likeness (QED) is 0.574. The first-order valence-corrected chi connectivity index (χ1v) is 9.03. The number of ketones is 1. The molecule has 0 heterocycles. The van der Waals surface area contributed by atoms with Crippen molar-refractivity contribution in [2.24, 2.45) is 5.92 Å². The minimum absolute atomic E-state index is 0.0868. The van der Waals surface area contributed by atoms with Gasteiger partial charge in [-0.25, -0.2) is 0 Å². The molecule has 0 amide bonds. The number of aromatic hydroxyl groups is 1. The number of hydrogen-bond donors (Lipinski definition) is 2. The first-order valence-electron chi connectivity index (χ1n) is 7.95. The summed E-state index contributed by atoms with van der Waals surface area (Å²) in [5, 5.41) is 12.9. The molecule has 3 nitrogen and oxygen atoms in total. The molecule has 2 N–H and O–H groups in total. The van der Waals surface area contributed by atoms with Crippen molar-refractivity contribution < 1.29 is 9.90 Å². The van der Waals surface area contributed by atoms with Gasteiger partial charge in [0.2, 0.25) is 0 Å². The summed E-state index contributed by atoms with van der Waals surface area (Å²) < 4.78 is 1.08. The zero-order valence-corrected chi connectivity index (χ0v) is 15.0. The number of carbonyl (C=O) groups is 1. The SMILES string of the molecule is O=C1c2ccccc2CCC1CNCCc1ccc(O)cc1I. The van der Waals surface area contributed by atoms with Crippen LogP contribution in [0.5, 0.6) is 5.75 Å². The Labute approximate surface area is 150 Å². The molecule has 1 aliphatic rings. The van der Waals surface area contributed by atoms with Crippen LogP contribution in [0.25, 0.3) is 0 Å². The topological polar surface area (TPSA) is 49.3 Å². The molecule has 1 aliphatic carbocycles. The molecule has 3 rings (SSSR count). The molecule has 2 aromatic carbocycles. The van der Waals surface area contributed by atoms with Crippen molar-refractivity contribution in [1.29, 1.82) is 0 Å². The lowest BCUT2D eigenvalue weighted by Gasteiger charge is -2.23. The Morgan fingerprint density at radius 3 is 2.87 bits per heavy atom. The van der Waals surface area contributed by atoms with Gasteiger partial charge in [0.05, 0.1) is 0 Å². The number of aryl methyl sites for hydroxylation is 1. The normalized spacial score (nSPS) is 17.1. The number of nitrogens with one attached hydrogen (secondary N) is 1. The fraction of sp³-hybridized carbons (Fsp3) is 0.316. The molecule has 4 heteroatoms. The van der Waals surface area contributed by atoms with Crippen LogP contribution in [0.1, 0.15) is 27.9 Å². The summed E-state index contributed by atoms with van der Waals surface area (Å²) in [5.41, 5.74) is 3.31. The first kappa shape index (κ1) is 16.5. The van der Waals surface area contributed by atoms with Gasteiger partial charge in [0.15, 0.2) is 5.78 Å². The lowest BCUT2D eigenvalue weighted by Crippen LogP contribution is -2.33. The highest BCUT2D eigenvalue weighted by Crippen LogP contribution is 2.25. The molecule has 0 saturated heterocycles. The van der Waals surface area contributed by atoms with Crippen molar-refractivity contribution in [3.8, 4) is 5.75 Å². The standard InChI is InChI=1S/C19H20INO2/c20-18-11-16(22)8-7-14(18)9-10-21-12-15-6-5-13-3-1-2-4-17(13)19(15)23/h1-4,7-8,11,15,21-22H,5-6,9-10,12H2. The summed E-state index contributed by atoms with van der Waals surface area (Å²) in [7, 11) is 0. The van der Waals surface area contributed by atoms with E-state index in [2.05, 4.69) is 34.0 Å². The van der Waals surface area contributed by atoms with E-state index < -0.39 is 0 Å². The molecule has 120 valence electrons. The van der Waals surface area contributed by atoms with Crippen molar-refractivity contribution in [2.75, 3.05) is 13.1 Å². The fourth-order valence-corrected chi connectivity index (χ4v) is 3.86. The molecule has 0 radical (unpaired) electrons. The molecule has 0 aliphatic heterocycles. The number of phenols is 1. The Balaban J connectivity index is 1.51. The monoisotopic (exact) mass is 421 g/mol. The van der Waals surface area contributed by atoms with Gasteiger partial charge in [-0.3, -0.25) is 4.79 Å². The Morgan fingerprint density at radius 1 is 1.22 bits per heavy atom. The maximum absolute atomic E-state index is 12.5. The Hall–Kier alpha value is -1.40. The van der Waals surface area contributed by atoms with Gasteiger partial charge in [-0.05, 0) is 71.7 Å². The van der Waals surface area contributed by atoms with Gasteiger partial charge in [0.1, 0.15) is 5.75 Å². The zero-order valence-electron chi connectivity index (χ0n) is 12.9. The van der Waals surface area contributed by atoms with Crippen LogP contribution in [-0.4, -0.2) is 24.0 Å². The number of Topliss-reactive ketones (excluding diaryl/α,β-unsaturated/α-hetero) is 1. The average Bonchev–Trinajstić information content (AvgIpc) is 2.55. The lowest BCUT2D eigenvalue weighted by atomic mass is 9.83. The van der Waals surface area contributed by atoms with Gasteiger partial charge in [0.25, 0.3) is 0 Å². The maximum Gasteiger partial charge on any atom is 0.167 e. The second kappa shape index (κ2) is 7.45. The van der Waals surface area contributed by atoms with Crippen molar-refractivity contribution in [2.45, 2.75) is 19.3 Å². The molecule has 0 saturated carbocycles. The molecule has 2 aromatic rings. The van der Waals surface area contributed by atoms with E-state index in [4.69, 9.17) is 0 Å². The smallest absolute Gasteiger partial charge is 0.167 e. The van der Waals surface area contributed by atoms with E-state index in [0.29, 0.717) is 5.75 Å². The Kier molecular flexibility index (Phi) is 5.33. The molecular weight excluding hydrogens is 401 g/mol. The van der Waals surface area contributed by atoms with Crippen LogP contribution in [0.15, 0.2) is 42.5 Å². The van der Waals surface area contributed by atoms with E-state index in [0.717, 1.165) is 41.5 Å². The van der Waals surface area contributed by atoms with E-state index in [-0.39, 0.29) is 11.7 Å². The molecule has 0 spiro atoms. The predicted octanol–water partition coefficient (Wildman–Crippen LogP) is 3.57. The first-order chi connectivity index (χ1) is 11.1. The van der Waals surface area contributed by atoms with E-state index >= 15 is 0 Å². The van der Waals surface area contributed by atoms with Crippen molar-refractivity contribution >= 4 is 28.4 Å². The third kappa shape index (κ3) is 3.93. The van der Waals surface area contributed by atoms with Crippen molar-refractivity contribution in [3.63, 3.8) is 0 Å². The van der Waals surface area contributed by atoms with E-state index in [1.54, 1.807) is 12.1 Å². The van der Waals surface area contributed by atoms with Gasteiger partial charge in [-0.1, -0.05) is 30.3 Å². The molecule has 0 fully saturated rings. The van der Waals surface area contributed by atoms with Crippen LogP contribution in [0, 0.1) is 9.49 Å². The summed E-state index contributed by atoms with van der Waals surface area (Å²) in [4.78, 5) is 12.5. The Bertz CT molecular complexity index is 714. The molecule has 0 bridgehead atoms. The van der Waals surface area contributed by atoms with Gasteiger partial charge >= 0.3 is 0 Å². The summed E-state index contributed by atoms with van der Waals surface area (Å²) in [5.74, 6) is 0.667. The number of rotatable bonds is 5. The minimum atomic E-state index is 0.0868. The van der Waals surface area contributed by atoms with Gasteiger partial charge in [-0.15, -0.1) is 0 Å². The largest absolute Gasteiger partial charge is 0.508 e. The van der Waals surface area contributed by atoms with Crippen LogP contribution in [0.3, 0.4) is 0 Å². The number of fused-ring (bicyclic) bond motifs is 1. The summed E-state index contributed by atoms with van der Waals surface area (Å²) >= 11 is 2.24. The van der Waals surface area contributed by atoms with Gasteiger partial charge < -0.3 is 10.4 Å². The lowest BCUT2D eigenvalue weighted by molar-refractivity contribution is 0.0901. The van der Waals surface area contributed by atoms with Gasteiger partial charge in [-0.2, -0.15) is 0 Å². The maximum atomic E-state index is 12.5. The summed E-state index contributed by atoms with van der Waals surface area (Å²) in [6, 6.07) is 13.4. The molecule has 1 atom stereocenters. The van der Waals surface area contributed by atoms with Crippen LogP contribution < -0.4 is 5.32 Å². The second-order valence-corrected chi connectivity index (χ2v) is 7.15. The van der Waals surface area contributed by atoms with Gasteiger partial charge in [0, 0.05) is 21.6 Å².